The number of H-pyrrole nitrogens is 1. The number of amides is 1. The van der Waals surface area contributed by atoms with Crippen molar-refractivity contribution in [1.29, 1.82) is 0 Å². The van der Waals surface area contributed by atoms with Crippen LogP contribution in [0.5, 0.6) is 0 Å². The number of nitrogens with zero attached hydrogens (tertiary/aromatic N) is 3. The molecular weight excluding hydrogens is 304 g/mol. The fraction of sp³-hybridized carbons (Fsp3) is 0.0588. The van der Waals surface area contributed by atoms with Gasteiger partial charge in [0.1, 0.15) is 11.8 Å². The average Bonchev–Trinajstić information content (AvgIpc) is 3.09. The highest BCUT2D eigenvalue weighted by molar-refractivity contribution is 5.91. The molecule has 0 saturated heterocycles. The zero-order chi connectivity index (χ0) is 16.4. The van der Waals surface area contributed by atoms with Crippen LogP contribution in [-0.4, -0.2) is 25.8 Å². The number of anilines is 1. The third-order valence-corrected chi connectivity index (χ3v) is 3.77. The highest BCUT2D eigenvalue weighted by Crippen LogP contribution is 2.19. The Kier molecular flexibility index (Phi) is 3.51. The molecule has 0 aliphatic rings. The molecule has 0 bridgehead atoms. The van der Waals surface area contributed by atoms with Crippen LogP contribution in [0.2, 0.25) is 0 Å². The topological polar surface area (TPSA) is 95.6 Å². The molecule has 0 aliphatic carbocycles. The SMILES string of the molecule is O=C(Cc1cccc2ccccc12)NNc1ncnc2nc[nH]c12. The number of carbonyl (C=O) groups excluding carboxylic acids is 1. The first-order valence-corrected chi connectivity index (χ1v) is 7.47. The zero-order valence-electron chi connectivity index (χ0n) is 12.7. The zero-order valence-corrected chi connectivity index (χ0v) is 12.7. The lowest BCUT2D eigenvalue weighted by Gasteiger charge is -2.09. The van der Waals surface area contributed by atoms with E-state index < -0.39 is 0 Å². The molecule has 4 rings (SSSR count). The van der Waals surface area contributed by atoms with Crippen LogP contribution in [0.1, 0.15) is 5.56 Å². The Morgan fingerprint density at radius 2 is 1.92 bits per heavy atom. The quantitative estimate of drug-likeness (QED) is 0.501. The van der Waals surface area contributed by atoms with Crippen molar-refractivity contribution in [3.63, 3.8) is 0 Å². The number of nitrogens with one attached hydrogen (secondary N) is 3. The van der Waals surface area contributed by atoms with Crippen LogP contribution >= 0.6 is 0 Å². The number of carbonyl (C=O) groups is 1. The summed E-state index contributed by atoms with van der Waals surface area (Å²) in [4.78, 5) is 27.4. The van der Waals surface area contributed by atoms with E-state index in [0.29, 0.717) is 17.0 Å². The minimum absolute atomic E-state index is 0.155. The fourth-order valence-corrected chi connectivity index (χ4v) is 2.65. The molecular formula is C17H14N6O. The van der Waals surface area contributed by atoms with Crippen molar-refractivity contribution < 1.29 is 4.79 Å². The van der Waals surface area contributed by atoms with Crippen LogP contribution in [-0.2, 0) is 11.2 Å². The van der Waals surface area contributed by atoms with Crippen molar-refractivity contribution in [2.75, 3.05) is 5.43 Å². The monoisotopic (exact) mass is 318 g/mol. The number of fused-ring (bicyclic) bond motifs is 2. The Labute approximate surface area is 137 Å². The maximum Gasteiger partial charge on any atom is 0.242 e. The van der Waals surface area contributed by atoms with Gasteiger partial charge in [-0.05, 0) is 16.3 Å². The summed E-state index contributed by atoms with van der Waals surface area (Å²) in [6.45, 7) is 0. The molecule has 24 heavy (non-hydrogen) atoms. The van der Waals surface area contributed by atoms with Gasteiger partial charge in [-0.3, -0.25) is 15.6 Å². The summed E-state index contributed by atoms with van der Waals surface area (Å²) in [6.07, 6.45) is 3.19. The Hall–Kier alpha value is -3.48. The predicted molar refractivity (Wildman–Crippen MR) is 91.1 cm³/mol. The van der Waals surface area contributed by atoms with Crippen molar-refractivity contribution in [3.8, 4) is 0 Å². The molecule has 0 saturated carbocycles. The molecule has 0 unspecified atom stereocenters. The molecule has 118 valence electrons. The number of benzene rings is 2. The number of hydrogen-bond donors (Lipinski definition) is 3. The molecule has 0 aliphatic heterocycles. The lowest BCUT2D eigenvalue weighted by atomic mass is 10.0. The van der Waals surface area contributed by atoms with Gasteiger partial charge < -0.3 is 4.98 Å². The van der Waals surface area contributed by atoms with Crippen LogP contribution in [0.3, 0.4) is 0 Å². The van der Waals surface area contributed by atoms with E-state index >= 15 is 0 Å². The second kappa shape index (κ2) is 5.96. The second-order valence-electron chi connectivity index (χ2n) is 5.31. The Morgan fingerprint density at radius 1 is 1.04 bits per heavy atom. The van der Waals surface area contributed by atoms with E-state index in [1.807, 2.05) is 42.5 Å². The molecule has 2 heterocycles. The highest BCUT2D eigenvalue weighted by atomic mass is 16.2. The van der Waals surface area contributed by atoms with E-state index in [4.69, 9.17) is 0 Å². The molecule has 3 N–H and O–H groups in total. The number of hydrogen-bond acceptors (Lipinski definition) is 5. The Morgan fingerprint density at radius 3 is 2.88 bits per heavy atom. The molecule has 0 radical (unpaired) electrons. The first-order valence-electron chi connectivity index (χ1n) is 7.47. The molecule has 2 aromatic carbocycles. The van der Waals surface area contributed by atoms with Gasteiger partial charge in [0.2, 0.25) is 5.91 Å². The van der Waals surface area contributed by atoms with Gasteiger partial charge in [-0.2, -0.15) is 0 Å². The maximum atomic E-state index is 12.3. The van der Waals surface area contributed by atoms with Crippen molar-refractivity contribution in [2.24, 2.45) is 0 Å². The molecule has 7 heteroatoms. The van der Waals surface area contributed by atoms with Crippen LogP contribution in [0.25, 0.3) is 21.9 Å². The van der Waals surface area contributed by atoms with E-state index in [2.05, 4.69) is 30.8 Å². The van der Waals surface area contributed by atoms with E-state index in [-0.39, 0.29) is 12.3 Å². The predicted octanol–water partition coefficient (Wildman–Crippen LogP) is 2.19. The third kappa shape index (κ3) is 2.63. The largest absolute Gasteiger partial charge is 0.340 e. The van der Waals surface area contributed by atoms with Gasteiger partial charge >= 0.3 is 0 Å². The first kappa shape index (κ1) is 14.1. The lowest BCUT2D eigenvalue weighted by Crippen LogP contribution is -2.31. The number of aromatic amines is 1. The average molecular weight is 318 g/mol. The maximum absolute atomic E-state index is 12.3. The molecule has 0 spiro atoms. The summed E-state index contributed by atoms with van der Waals surface area (Å²) < 4.78 is 0. The molecule has 0 fully saturated rings. The van der Waals surface area contributed by atoms with Crippen molar-refractivity contribution in [2.45, 2.75) is 6.42 Å². The summed E-state index contributed by atoms with van der Waals surface area (Å²) in [5.41, 5.74) is 7.64. The van der Waals surface area contributed by atoms with Gasteiger partial charge in [0, 0.05) is 0 Å². The summed E-state index contributed by atoms with van der Waals surface area (Å²) >= 11 is 0. The first-order chi connectivity index (χ1) is 11.8. The van der Waals surface area contributed by atoms with Gasteiger partial charge in [0.05, 0.1) is 12.7 Å². The summed E-state index contributed by atoms with van der Waals surface area (Å²) in [7, 11) is 0. The second-order valence-corrected chi connectivity index (χ2v) is 5.31. The number of aromatic nitrogens is 4. The Bertz CT molecular complexity index is 1020. The van der Waals surface area contributed by atoms with Gasteiger partial charge in [0.15, 0.2) is 11.5 Å². The highest BCUT2D eigenvalue weighted by Gasteiger charge is 2.09. The molecule has 4 aromatic rings. The molecule has 7 nitrogen and oxygen atoms in total. The lowest BCUT2D eigenvalue weighted by molar-refractivity contribution is -0.119. The summed E-state index contributed by atoms with van der Waals surface area (Å²) in [5.74, 6) is 0.321. The van der Waals surface area contributed by atoms with E-state index in [0.717, 1.165) is 16.3 Å². The van der Waals surface area contributed by atoms with Gasteiger partial charge in [-0.1, -0.05) is 42.5 Å². The van der Waals surface area contributed by atoms with Crippen molar-refractivity contribution in [3.05, 3.63) is 60.7 Å². The minimum Gasteiger partial charge on any atom is -0.340 e. The van der Waals surface area contributed by atoms with Crippen LogP contribution in [0.15, 0.2) is 55.1 Å². The van der Waals surface area contributed by atoms with E-state index in [1.54, 1.807) is 0 Å². The number of rotatable bonds is 4. The minimum atomic E-state index is -0.155. The van der Waals surface area contributed by atoms with Crippen LogP contribution in [0, 0.1) is 0 Å². The van der Waals surface area contributed by atoms with Gasteiger partial charge in [0.25, 0.3) is 0 Å². The van der Waals surface area contributed by atoms with Gasteiger partial charge in [-0.15, -0.1) is 0 Å². The number of imidazole rings is 1. The smallest absolute Gasteiger partial charge is 0.242 e. The summed E-state index contributed by atoms with van der Waals surface area (Å²) in [6, 6.07) is 14.0. The Balaban J connectivity index is 1.50. The van der Waals surface area contributed by atoms with Crippen LogP contribution in [0.4, 0.5) is 5.82 Å². The van der Waals surface area contributed by atoms with E-state index in [9.17, 15) is 4.79 Å². The molecule has 0 atom stereocenters. The fourth-order valence-electron chi connectivity index (χ4n) is 2.65. The standard InChI is InChI=1S/C17H14N6O/c24-14(8-12-6-3-5-11-4-1-2-7-13(11)12)22-23-17-15-16(19-9-18-15)20-10-21-17/h1-7,9-10H,8H2,(H,22,24)(H2,18,19,20,21,23). The third-order valence-electron chi connectivity index (χ3n) is 3.77. The summed E-state index contributed by atoms with van der Waals surface area (Å²) in [5, 5.41) is 2.19. The van der Waals surface area contributed by atoms with E-state index in [1.165, 1.54) is 12.7 Å². The number of hydrazine groups is 1. The van der Waals surface area contributed by atoms with Crippen LogP contribution < -0.4 is 10.9 Å². The normalized spacial score (nSPS) is 10.8. The van der Waals surface area contributed by atoms with Gasteiger partial charge in [-0.25, -0.2) is 15.0 Å². The van der Waals surface area contributed by atoms with Crippen molar-refractivity contribution in [1.82, 2.24) is 25.4 Å². The molecule has 1 amide bonds. The molecule has 2 aromatic heterocycles. The van der Waals surface area contributed by atoms with Crippen molar-refractivity contribution >= 4 is 33.7 Å².